The zero-order chi connectivity index (χ0) is 19.4. The van der Waals surface area contributed by atoms with E-state index < -0.39 is 17.3 Å². The van der Waals surface area contributed by atoms with Crippen LogP contribution >= 0.6 is 0 Å². The molecule has 1 saturated heterocycles. The maximum absolute atomic E-state index is 12.7. The molecule has 4 nitrogen and oxygen atoms in total. The van der Waals surface area contributed by atoms with Crippen molar-refractivity contribution in [1.29, 1.82) is 0 Å². The molecule has 1 aromatic carbocycles. The summed E-state index contributed by atoms with van der Waals surface area (Å²) in [5.74, 6) is 0.180. The van der Waals surface area contributed by atoms with Gasteiger partial charge in [0.05, 0.1) is 12.2 Å². The molecule has 0 bridgehead atoms. The number of carbonyl (C=O) groups excluding carboxylic acids is 1. The molecule has 1 fully saturated rings. The summed E-state index contributed by atoms with van der Waals surface area (Å²) in [6.07, 6.45) is -1.42. The lowest BCUT2D eigenvalue weighted by Crippen LogP contribution is -2.46. The predicted molar refractivity (Wildman–Crippen MR) is 92.1 cm³/mol. The van der Waals surface area contributed by atoms with Crippen molar-refractivity contribution in [2.45, 2.75) is 64.3 Å². The molecule has 0 N–H and O–H groups in total. The van der Waals surface area contributed by atoms with Crippen LogP contribution in [0.4, 0.5) is 18.0 Å². The number of amides is 1. The Hall–Kier alpha value is -1.92. The second-order valence-electron chi connectivity index (χ2n) is 7.49. The summed E-state index contributed by atoms with van der Waals surface area (Å²) in [7, 11) is 0. The second-order valence-corrected chi connectivity index (χ2v) is 7.49. The van der Waals surface area contributed by atoms with Crippen molar-refractivity contribution < 1.29 is 27.4 Å². The molecular weight excluding hydrogens is 347 g/mol. The third-order valence-electron chi connectivity index (χ3n) is 4.14. The van der Waals surface area contributed by atoms with Gasteiger partial charge in [0, 0.05) is 19.0 Å². The van der Waals surface area contributed by atoms with E-state index >= 15 is 0 Å². The van der Waals surface area contributed by atoms with E-state index in [1.807, 2.05) is 20.8 Å². The summed E-state index contributed by atoms with van der Waals surface area (Å²) >= 11 is 0. The number of hydrogen-bond donors (Lipinski definition) is 0. The molecule has 146 valence electrons. The predicted octanol–water partition coefficient (Wildman–Crippen LogP) is 5.26. The van der Waals surface area contributed by atoms with Gasteiger partial charge in [-0.05, 0) is 58.2 Å². The van der Waals surface area contributed by atoms with E-state index in [4.69, 9.17) is 9.47 Å². The zero-order valence-electron chi connectivity index (χ0n) is 15.4. The minimum atomic E-state index is -4.39. The van der Waals surface area contributed by atoms with Crippen LogP contribution in [0.2, 0.25) is 0 Å². The van der Waals surface area contributed by atoms with Gasteiger partial charge in [0.2, 0.25) is 0 Å². The summed E-state index contributed by atoms with van der Waals surface area (Å²) in [5, 5.41) is 0. The summed E-state index contributed by atoms with van der Waals surface area (Å²) in [5.41, 5.74) is -1.30. The van der Waals surface area contributed by atoms with Crippen LogP contribution in [-0.4, -0.2) is 35.8 Å². The first-order valence-electron chi connectivity index (χ1n) is 8.86. The Kier molecular flexibility index (Phi) is 6.42. The number of nitrogens with zero attached hydrogens (tertiary/aromatic N) is 1. The summed E-state index contributed by atoms with van der Waals surface area (Å²) in [6, 6.07) is 4.81. The van der Waals surface area contributed by atoms with Crippen LogP contribution in [0.25, 0.3) is 0 Å². The van der Waals surface area contributed by atoms with Crippen molar-refractivity contribution in [2.24, 2.45) is 0 Å². The lowest BCUT2D eigenvalue weighted by Gasteiger charge is -2.36. The minimum absolute atomic E-state index is 0.0237. The van der Waals surface area contributed by atoms with Crippen LogP contribution in [0.5, 0.6) is 5.75 Å². The molecule has 1 atom stereocenters. The standard InChI is InChI=1S/C19H26F3NO3/c1-18(2,3)26-17(24)23-11-5-4-8-15(23)10-12-25-16-9-6-7-14(13-16)19(20,21)22/h6-7,9,13,15H,4-5,8,10-12H2,1-3H3. The molecule has 7 heteroatoms. The molecule has 1 amide bonds. The number of alkyl halides is 3. The zero-order valence-corrected chi connectivity index (χ0v) is 15.4. The second kappa shape index (κ2) is 8.18. The van der Waals surface area contributed by atoms with E-state index in [0.29, 0.717) is 13.0 Å². The highest BCUT2D eigenvalue weighted by Crippen LogP contribution is 2.31. The fourth-order valence-corrected chi connectivity index (χ4v) is 2.94. The molecular formula is C19H26F3NO3. The van der Waals surface area contributed by atoms with E-state index in [0.717, 1.165) is 31.4 Å². The molecule has 1 aliphatic heterocycles. The molecule has 2 rings (SSSR count). The lowest BCUT2D eigenvalue weighted by molar-refractivity contribution is -0.137. The molecule has 0 radical (unpaired) electrons. The van der Waals surface area contributed by atoms with Gasteiger partial charge in [0.25, 0.3) is 0 Å². The van der Waals surface area contributed by atoms with Gasteiger partial charge in [0.15, 0.2) is 0 Å². The lowest BCUT2D eigenvalue weighted by atomic mass is 10.0. The molecule has 1 heterocycles. The van der Waals surface area contributed by atoms with Crippen LogP contribution in [0.15, 0.2) is 24.3 Å². The number of benzene rings is 1. The number of rotatable bonds is 4. The highest BCUT2D eigenvalue weighted by atomic mass is 19.4. The van der Waals surface area contributed by atoms with Gasteiger partial charge < -0.3 is 14.4 Å². The number of halogens is 3. The summed E-state index contributed by atoms with van der Waals surface area (Å²) in [6.45, 7) is 6.33. The van der Waals surface area contributed by atoms with Crippen LogP contribution in [0.1, 0.15) is 52.0 Å². The maximum Gasteiger partial charge on any atom is 0.416 e. The number of carbonyl (C=O) groups is 1. The minimum Gasteiger partial charge on any atom is -0.494 e. The fourth-order valence-electron chi connectivity index (χ4n) is 2.94. The van der Waals surface area contributed by atoms with E-state index in [-0.39, 0.29) is 24.5 Å². The molecule has 26 heavy (non-hydrogen) atoms. The third kappa shape index (κ3) is 6.11. The van der Waals surface area contributed by atoms with Gasteiger partial charge in [-0.1, -0.05) is 6.07 Å². The normalized spacial score (nSPS) is 18.5. The van der Waals surface area contributed by atoms with Crippen LogP contribution < -0.4 is 4.74 Å². The first-order chi connectivity index (χ1) is 12.1. The Bertz CT molecular complexity index is 611. The number of piperidine rings is 1. The smallest absolute Gasteiger partial charge is 0.416 e. The summed E-state index contributed by atoms with van der Waals surface area (Å²) in [4.78, 5) is 14.1. The Labute approximate surface area is 152 Å². The number of hydrogen-bond acceptors (Lipinski definition) is 3. The van der Waals surface area contributed by atoms with Crippen molar-refractivity contribution in [3.05, 3.63) is 29.8 Å². The van der Waals surface area contributed by atoms with Crippen molar-refractivity contribution in [3.8, 4) is 5.75 Å². The molecule has 1 aromatic rings. The SMILES string of the molecule is CC(C)(C)OC(=O)N1CCCCC1CCOc1cccc(C(F)(F)F)c1. The molecule has 0 aliphatic carbocycles. The van der Waals surface area contributed by atoms with E-state index in [9.17, 15) is 18.0 Å². The first kappa shape index (κ1) is 20.4. The molecule has 0 aromatic heterocycles. The molecule has 1 aliphatic rings. The average molecular weight is 373 g/mol. The molecule has 1 unspecified atom stereocenters. The molecule has 0 spiro atoms. The largest absolute Gasteiger partial charge is 0.494 e. The quantitative estimate of drug-likeness (QED) is 0.722. The fraction of sp³-hybridized carbons (Fsp3) is 0.632. The Morgan fingerprint density at radius 2 is 1.96 bits per heavy atom. The van der Waals surface area contributed by atoms with Crippen molar-refractivity contribution >= 4 is 6.09 Å². The van der Waals surface area contributed by atoms with Gasteiger partial charge in [-0.2, -0.15) is 13.2 Å². The van der Waals surface area contributed by atoms with Gasteiger partial charge in [-0.25, -0.2) is 4.79 Å². The Morgan fingerprint density at radius 3 is 2.62 bits per heavy atom. The van der Waals surface area contributed by atoms with Crippen LogP contribution in [0.3, 0.4) is 0 Å². The van der Waals surface area contributed by atoms with Gasteiger partial charge in [0.1, 0.15) is 11.4 Å². The van der Waals surface area contributed by atoms with Crippen molar-refractivity contribution in [2.75, 3.05) is 13.2 Å². The topological polar surface area (TPSA) is 38.8 Å². The van der Waals surface area contributed by atoms with Crippen LogP contribution in [0, 0.1) is 0 Å². The molecule has 0 saturated carbocycles. The number of likely N-dealkylation sites (tertiary alicyclic amines) is 1. The van der Waals surface area contributed by atoms with E-state index in [1.54, 1.807) is 4.90 Å². The van der Waals surface area contributed by atoms with Crippen LogP contribution in [-0.2, 0) is 10.9 Å². The van der Waals surface area contributed by atoms with Crippen molar-refractivity contribution in [3.63, 3.8) is 0 Å². The third-order valence-corrected chi connectivity index (χ3v) is 4.14. The highest BCUT2D eigenvalue weighted by Gasteiger charge is 2.31. The highest BCUT2D eigenvalue weighted by molar-refractivity contribution is 5.68. The number of ether oxygens (including phenoxy) is 2. The summed E-state index contributed by atoms with van der Waals surface area (Å²) < 4.78 is 49.2. The van der Waals surface area contributed by atoms with Gasteiger partial charge in [-0.3, -0.25) is 0 Å². The Balaban J connectivity index is 1.92. The van der Waals surface area contributed by atoms with E-state index in [1.165, 1.54) is 12.1 Å². The maximum atomic E-state index is 12.7. The van der Waals surface area contributed by atoms with Gasteiger partial charge >= 0.3 is 12.3 Å². The first-order valence-corrected chi connectivity index (χ1v) is 8.86. The van der Waals surface area contributed by atoms with E-state index in [2.05, 4.69) is 0 Å². The average Bonchev–Trinajstić information content (AvgIpc) is 2.53. The van der Waals surface area contributed by atoms with Crippen molar-refractivity contribution in [1.82, 2.24) is 4.90 Å². The monoisotopic (exact) mass is 373 g/mol. The Morgan fingerprint density at radius 1 is 1.23 bits per heavy atom. The van der Waals surface area contributed by atoms with Gasteiger partial charge in [-0.15, -0.1) is 0 Å².